The highest BCUT2D eigenvalue weighted by molar-refractivity contribution is 7.89. The number of sulfonamides is 1. The van der Waals surface area contributed by atoms with Crippen molar-refractivity contribution in [3.8, 4) is 5.75 Å². The van der Waals surface area contributed by atoms with Crippen molar-refractivity contribution in [3.05, 3.63) is 29.8 Å². The first-order chi connectivity index (χ1) is 9.48. The van der Waals surface area contributed by atoms with Gasteiger partial charge >= 0.3 is 0 Å². The summed E-state index contributed by atoms with van der Waals surface area (Å²) in [6.07, 6.45) is 1.51. The molecule has 0 radical (unpaired) electrons. The van der Waals surface area contributed by atoms with Crippen LogP contribution in [0.25, 0.3) is 0 Å². The smallest absolute Gasteiger partial charge is 0.212 e. The standard InChI is InChI=1S/C14H24N2O3S/c1-12(13-6-8-14(19-3)9-7-13)16-20(17,18)11-5-4-10-15-2/h6-9,12,15-16H,4-5,10-11H2,1-3H3. The number of hydrogen-bond acceptors (Lipinski definition) is 4. The number of nitrogens with one attached hydrogen (secondary N) is 2. The number of unbranched alkanes of at least 4 members (excludes halogenated alkanes) is 1. The second kappa shape index (κ2) is 8.24. The normalized spacial score (nSPS) is 13.2. The van der Waals surface area contributed by atoms with Crippen molar-refractivity contribution in [3.63, 3.8) is 0 Å². The zero-order chi connectivity index (χ0) is 15.0. The van der Waals surface area contributed by atoms with E-state index in [1.165, 1.54) is 0 Å². The van der Waals surface area contributed by atoms with Crippen LogP contribution in [0.2, 0.25) is 0 Å². The molecule has 1 unspecified atom stereocenters. The molecule has 1 aromatic rings. The zero-order valence-corrected chi connectivity index (χ0v) is 13.2. The maximum absolute atomic E-state index is 11.9. The Labute approximate surface area is 121 Å². The molecule has 0 aliphatic carbocycles. The van der Waals surface area contributed by atoms with Gasteiger partial charge in [0, 0.05) is 6.04 Å². The Balaban J connectivity index is 2.52. The highest BCUT2D eigenvalue weighted by Gasteiger charge is 2.15. The van der Waals surface area contributed by atoms with Crippen LogP contribution < -0.4 is 14.8 Å². The summed E-state index contributed by atoms with van der Waals surface area (Å²) in [5.41, 5.74) is 0.921. The summed E-state index contributed by atoms with van der Waals surface area (Å²) in [5.74, 6) is 0.922. The van der Waals surface area contributed by atoms with E-state index in [4.69, 9.17) is 4.74 Å². The van der Waals surface area contributed by atoms with Crippen molar-refractivity contribution in [2.24, 2.45) is 0 Å². The van der Waals surface area contributed by atoms with E-state index in [9.17, 15) is 8.42 Å². The Morgan fingerprint density at radius 3 is 2.40 bits per heavy atom. The van der Waals surface area contributed by atoms with Crippen LogP contribution in [0.15, 0.2) is 24.3 Å². The first-order valence-electron chi connectivity index (χ1n) is 6.77. The maximum atomic E-state index is 11.9. The van der Waals surface area contributed by atoms with Crippen LogP contribution in [-0.4, -0.2) is 34.9 Å². The Hall–Kier alpha value is -1.11. The number of hydrogen-bond donors (Lipinski definition) is 2. The Morgan fingerprint density at radius 1 is 1.20 bits per heavy atom. The molecule has 0 aliphatic rings. The minimum absolute atomic E-state index is 0.162. The first-order valence-corrected chi connectivity index (χ1v) is 8.42. The minimum Gasteiger partial charge on any atom is -0.497 e. The van der Waals surface area contributed by atoms with Gasteiger partial charge in [0.25, 0.3) is 0 Å². The van der Waals surface area contributed by atoms with Gasteiger partial charge < -0.3 is 10.1 Å². The van der Waals surface area contributed by atoms with Crippen LogP contribution in [0.4, 0.5) is 0 Å². The van der Waals surface area contributed by atoms with E-state index in [1.807, 2.05) is 38.2 Å². The van der Waals surface area contributed by atoms with E-state index in [0.717, 1.165) is 24.3 Å². The highest BCUT2D eigenvalue weighted by atomic mass is 32.2. The first kappa shape index (κ1) is 16.9. The average molecular weight is 300 g/mol. The van der Waals surface area contributed by atoms with E-state index < -0.39 is 10.0 Å². The molecular formula is C14H24N2O3S. The van der Waals surface area contributed by atoms with Gasteiger partial charge in [-0.25, -0.2) is 13.1 Å². The predicted octanol–water partition coefficient (Wildman–Crippen LogP) is 1.68. The molecular weight excluding hydrogens is 276 g/mol. The van der Waals surface area contributed by atoms with E-state index >= 15 is 0 Å². The quantitative estimate of drug-likeness (QED) is 0.681. The van der Waals surface area contributed by atoms with E-state index in [-0.39, 0.29) is 11.8 Å². The van der Waals surface area contributed by atoms with Crippen LogP contribution in [0.5, 0.6) is 5.75 Å². The van der Waals surface area contributed by atoms with Crippen molar-refractivity contribution >= 4 is 10.0 Å². The molecule has 0 amide bonds. The lowest BCUT2D eigenvalue weighted by Gasteiger charge is -2.15. The monoisotopic (exact) mass is 300 g/mol. The second-order valence-electron chi connectivity index (χ2n) is 4.74. The van der Waals surface area contributed by atoms with Crippen molar-refractivity contribution in [2.45, 2.75) is 25.8 Å². The van der Waals surface area contributed by atoms with Gasteiger partial charge in [-0.2, -0.15) is 0 Å². The molecule has 0 aromatic heterocycles. The highest BCUT2D eigenvalue weighted by Crippen LogP contribution is 2.18. The third-order valence-corrected chi connectivity index (χ3v) is 4.60. The van der Waals surface area contributed by atoms with Crippen LogP contribution in [0.1, 0.15) is 31.4 Å². The fraction of sp³-hybridized carbons (Fsp3) is 0.571. The summed E-state index contributed by atoms with van der Waals surface area (Å²) in [4.78, 5) is 0. The molecule has 0 fully saturated rings. The zero-order valence-electron chi connectivity index (χ0n) is 12.3. The predicted molar refractivity (Wildman–Crippen MR) is 81.5 cm³/mol. The SMILES string of the molecule is CNCCCCS(=O)(=O)NC(C)c1ccc(OC)cc1. The van der Waals surface area contributed by atoms with Crippen molar-refractivity contribution < 1.29 is 13.2 Å². The van der Waals surface area contributed by atoms with E-state index in [2.05, 4.69) is 10.0 Å². The summed E-state index contributed by atoms with van der Waals surface area (Å²) in [5, 5.41) is 3.00. The summed E-state index contributed by atoms with van der Waals surface area (Å²) < 4.78 is 31.7. The maximum Gasteiger partial charge on any atom is 0.212 e. The molecule has 1 aromatic carbocycles. The molecule has 5 nitrogen and oxygen atoms in total. The van der Waals surface area contributed by atoms with Crippen LogP contribution >= 0.6 is 0 Å². The molecule has 2 N–H and O–H groups in total. The van der Waals surface area contributed by atoms with Gasteiger partial charge in [0.05, 0.1) is 12.9 Å². The molecule has 0 bridgehead atoms. The van der Waals surface area contributed by atoms with Crippen molar-refractivity contribution in [2.75, 3.05) is 26.5 Å². The molecule has 1 atom stereocenters. The number of methoxy groups -OCH3 is 1. The summed E-state index contributed by atoms with van der Waals surface area (Å²) in [6, 6.07) is 7.15. The van der Waals surface area contributed by atoms with Crippen molar-refractivity contribution in [1.29, 1.82) is 0 Å². The lowest BCUT2D eigenvalue weighted by Crippen LogP contribution is -2.29. The second-order valence-corrected chi connectivity index (χ2v) is 6.62. The third kappa shape index (κ3) is 5.90. The third-order valence-electron chi connectivity index (χ3n) is 3.06. The molecule has 0 saturated heterocycles. The molecule has 1 rings (SSSR count). The summed E-state index contributed by atoms with van der Waals surface area (Å²) in [7, 11) is 0.229. The van der Waals surface area contributed by atoms with E-state index in [1.54, 1.807) is 7.11 Å². The van der Waals surface area contributed by atoms with Gasteiger partial charge in [-0.1, -0.05) is 12.1 Å². The number of benzene rings is 1. The average Bonchev–Trinajstić information content (AvgIpc) is 2.43. The van der Waals surface area contributed by atoms with Crippen LogP contribution in [-0.2, 0) is 10.0 Å². The largest absolute Gasteiger partial charge is 0.497 e. The fourth-order valence-corrected chi connectivity index (χ4v) is 3.26. The van der Waals surface area contributed by atoms with Gasteiger partial charge in [0.1, 0.15) is 5.75 Å². The molecule has 20 heavy (non-hydrogen) atoms. The van der Waals surface area contributed by atoms with E-state index in [0.29, 0.717) is 6.42 Å². The molecule has 0 saturated carbocycles. The van der Waals surface area contributed by atoms with Crippen LogP contribution in [0.3, 0.4) is 0 Å². The Kier molecular flexibility index (Phi) is 6.98. The number of ether oxygens (including phenoxy) is 1. The summed E-state index contributed by atoms with van der Waals surface area (Å²) >= 11 is 0. The fourth-order valence-electron chi connectivity index (χ4n) is 1.88. The Morgan fingerprint density at radius 2 is 1.85 bits per heavy atom. The van der Waals surface area contributed by atoms with Gasteiger partial charge in [-0.15, -0.1) is 0 Å². The van der Waals surface area contributed by atoms with Gasteiger partial charge in [0.15, 0.2) is 0 Å². The minimum atomic E-state index is -3.23. The molecule has 0 aliphatic heterocycles. The number of rotatable bonds is 9. The van der Waals surface area contributed by atoms with Crippen LogP contribution in [0, 0.1) is 0 Å². The van der Waals surface area contributed by atoms with Gasteiger partial charge in [0.2, 0.25) is 10.0 Å². The van der Waals surface area contributed by atoms with Gasteiger partial charge in [-0.3, -0.25) is 0 Å². The lowest BCUT2D eigenvalue weighted by molar-refractivity contribution is 0.414. The van der Waals surface area contributed by atoms with Gasteiger partial charge in [-0.05, 0) is 51.1 Å². The van der Waals surface area contributed by atoms with Crippen molar-refractivity contribution in [1.82, 2.24) is 10.0 Å². The Bertz CT molecular complexity index is 486. The molecule has 0 heterocycles. The topological polar surface area (TPSA) is 67.4 Å². The molecule has 114 valence electrons. The molecule has 0 spiro atoms. The lowest BCUT2D eigenvalue weighted by atomic mass is 10.1. The summed E-state index contributed by atoms with van der Waals surface area (Å²) in [6.45, 7) is 2.68. The molecule has 6 heteroatoms.